The van der Waals surface area contributed by atoms with Crippen LogP contribution < -0.4 is 21.3 Å². The molecule has 0 spiro atoms. The number of anilines is 1. The maximum absolute atomic E-state index is 12.9. The third kappa shape index (κ3) is 3.78. The molecule has 3 heterocycles. The van der Waals surface area contributed by atoms with Crippen molar-refractivity contribution in [3.05, 3.63) is 39.9 Å². The van der Waals surface area contributed by atoms with Gasteiger partial charge in [0.05, 0.1) is 15.2 Å². The summed E-state index contributed by atoms with van der Waals surface area (Å²) in [6.07, 6.45) is 2.87. The number of nitrogens with two attached hydrogens (primary N) is 1. The van der Waals surface area contributed by atoms with E-state index in [2.05, 4.69) is 38.7 Å². The molecule has 0 aromatic heterocycles. The molecule has 6 nitrogen and oxygen atoms in total. The van der Waals surface area contributed by atoms with Crippen LogP contribution in [0.2, 0.25) is 0 Å². The fraction of sp³-hybridized carbons (Fsp3) is 0.524. The van der Waals surface area contributed by atoms with Crippen LogP contribution in [0.25, 0.3) is 0 Å². The number of benzene rings is 1. The number of amides is 1. The normalized spacial score (nSPS) is 28.8. The number of carbonyl (C=O) groups is 1. The number of nitrogens with zero attached hydrogens (tertiary/aromatic N) is 2. The number of nitrogens with one attached hydrogen (secondary N) is 2. The molecule has 1 aliphatic carbocycles. The van der Waals surface area contributed by atoms with Crippen LogP contribution in [-0.4, -0.2) is 53.8 Å². The van der Waals surface area contributed by atoms with Gasteiger partial charge in [-0.15, -0.1) is 0 Å². The molecule has 154 valence electrons. The van der Waals surface area contributed by atoms with Crippen molar-refractivity contribution in [1.29, 1.82) is 0 Å². The van der Waals surface area contributed by atoms with Gasteiger partial charge in [0.25, 0.3) is 5.91 Å². The Hall–Kier alpha value is -1.64. The lowest BCUT2D eigenvalue weighted by atomic mass is 9.87. The summed E-state index contributed by atoms with van der Waals surface area (Å²) in [6, 6.07) is 7.01. The Labute approximate surface area is 180 Å². The van der Waals surface area contributed by atoms with Crippen LogP contribution in [-0.2, 0) is 17.6 Å². The second kappa shape index (κ2) is 7.89. The van der Waals surface area contributed by atoms with Gasteiger partial charge >= 0.3 is 0 Å². The Kier molecular flexibility index (Phi) is 5.26. The average Bonchev–Trinajstić information content (AvgIpc) is 3.25. The number of aliphatic imine (C=N–C) groups is 1. The summed E-state index contributed by atoms with van der Waals surface area (Å²) >= 11 is 3.19. The molecule has 4 aliphatic rings. The topological polar surface area (TPSA) is 82.8 Å². The number of hydrogen-bond donors (Lipinski definition) is 3. The molecule has 1 aromatic carbocycles. The lowest BCUT2D eigenvalue weighted by molar-refractivity contribution is -0.117. The van der Waals surface area contributed by atoms with E-state index in [4.69, 9.17) is 5.73 Å². The largest absolute Gasteiger partial charge is 0.400 e. The van der Waals surface area contributed by atoms with Crippen LogP contribution in [0.1, 0.15) is 24.5 Å². The van der Waals surface area contributed by atoms with Gasteiger partial charge in [0.2, 0.25) is 0 Å². The first-order valence-corrected chi connectivity index (χ1v) is 12.1. The Bertz CT molecular complexity index is 893. The molecule has 4 N–H and O–H groups in total. The van der Waals surface area contributed by atoms with Gasteiger partial charge in [0.15, 0.2) is 0 Å². The zero-order chi connectivity index (χ0) is 20.0. The van der Waals surface area contributed by atoms with Crippen molar-refractivity contribution in [1.82, 2.24) is 10.6 Å². The zero-order valence-electron chi connectivity index (χ0n) is 16.6. The second-order valence-corrected chi connectivity index (χ2v) is 10.5. The second-order valence-electron chi connectivity index (χ2n) is 8.08. The number of piperazine rings is 1. The van der Waals surface area contributed by atoms with Gasteiger partial charge in [-0.2, -0.15) is 0 Å². The Balaban J connectivity index is 1.23. The minimum Gasteiger partial charge on any atom is -0.400 e. The van der Waals surface area contributed by atoms with Crippen LogP contribution in [0.3, 0.4) is 0 Å². The summed E-state index contributed by atoms with van der Waals surface area (Å²) in [5, 5.41) is 7.89. The highest BCUT2D eigenvalue weighted by Gasteiger charge is 2.41. The smallest absolute Gasteiger partial charge is 0.259 e. The van der Waals surface area contributed by atoms with Gasteiger partial charge in [-0.25, -0.2) is 0 Å². The summed E-state index contributed by atoms with van der Waals surface area (Å²) in [5.74, 6) is -0.0266. The highest BCUT2D eigenvalue weighted by molar-refractivity contribution is 8.16. The summed E-state index contributed by atoms with van der Waals surface area (Å²) in [4.78, 5) is 20.6. The van der Waals surface area contributed by atoms with Crippen molar-refractivity contribution in [2.24, 2.45) is 10.7 Å². The first-order chi connectivity index (χ1) is 14.1. The van der Waals surface area contributed by atoms with Crippen molar-refractivity contribution in [3.63, 3.8) is 0 Å². The van der Waals surface area contributed by atoms with E-state index in [0.717, 1.165) is 50.5 Å². The van der Waals surface area contributed by atoms with Crippen molar-refractivity contribution < 1.29 is 4.79 Å². The molecule has 1 fully saturated rings. The summed E-state index contributed by atoms with van der Waals surface area (Å²) < 4.78 is 0. The molecule has 5 rings (SSSR count). The van der Waals surface area contributed by atoms with Crippen LogP contribution in [0.5, 0.6) is 0 Å². The fourth-order valence-electron chi connectivity index (χ4n) is 4.56. The van der Waals surface area contributed by atoms with E-state index < -0.39 is 0 Å². The van der Waals surface area contributed by atoms with Gasteiger partial charge in [-0.3, -0.25) is 9.79 Å². The fourth-order valence-corrected chi connectivity index (χ4v) is 7.15. The molecule has 1 saturated heterocycles. The highest BCUT2D eigenvalue weighted by atomic mass is 32.2. The number of aryl methyl sites for hydroxylation is 1. The number of hydrogen-bond acceptors (Lipinski definition) is 7. The van der Waals surface area contributed by atoms with Crippen LogP contribution in [0, 0.1) is 0 Å². The predicted octanol–water partition coefficient (Wildman–Crippen LogP) is 1.85. The van der Waals surface area contributed by atoms with E-state index in [9.17, 15) is 4.79 Å². The number of carbonyl (C=O) groups excluding carboxylic acids is 1. The van der Waals surface area contributed by atoms with E-state index in [1.165, 1.54) is 28.6 Å². The van der Waals surface area contributed by atoms with E-state index in [-0.39, 0.29) is 22.6 Å². The summed E-state index contributed by atoms with van der Waals surface area (Å²) in [5.41, 5.74) is 11.1. The number of thioether (sulfide) groups is 2. The van der Waals surface area contributed by atoms with Crippen molar-refractivity contribution in [2.75, 3.05) is 31.1 Å². The molecular weight excluding hydrogens is 402 g/mol. The summed E-state index contributed by atoms with van der Waals surface area (Å²) in [6.45, 7) is 6.23. The minimum atomic E-state index is -0.0266. The van der Waals surface area contributed by atoms with E-state index in [1.807, 2.05) is 6.92 Å². The molecule has 1 aromatic rings. The van der Waals surface area contributed by atoms with Gasteiger partial charge in [-0.1, -0.05) is 29.6 Å². The van der Waals surface area contributed by atoms with Crippen molar-refractivity contribution in [3.8, 4) is 0 Å². The van der Waals surface area contributed by atoms with E-state index in [0.29, 0.717) is 10.6 Å². The van der Waals surface area contributed by atoms with Crippen molar-refractivity contribution in [2.45, 2.75) is 42.9 Å². The first-order valence-electron chi connectivity index (χ1n) is 10.3. The number of fused-ring (bicyclic) bond motifs is 2. The van der Waals surface area contributed by atoms with Crippen molar-refractivity contribution >= 4 is 40.2 Å². The standard InChI is InChI=1S/C21H27N5OS2/c1-12-24-21-19(28-12)17(22)18(29-21)20(27)25-15-4-2-14-11-16(5-3-13(14)10-15)26-8-6-23-7-9-26/h3,5,11,15,19,21,23H,2,4,6-10,22H2,1H3,(H,25,27)/t15-,19?,21?/m1/s1. The molecule has 0 saturated carbocycles. The molecule has 8 heteroatoms. The molecule has 0 radical (unpaired) electrons. The zero-order valence-corrected chi connectivity index (χ0v) is 18.2. The molecule has 0 bridgehead atoms. The lowest BCUT2D eigenvalue weighted by Gasteiger charge is -2.31. The maximum Gasteiger partial charge on any atom is 0.259 e. The predicted molar refractivity (Wildman–Crippen MR) is 123 cm³/mol. The third-order valence-corrected chi connectivity index (χ3v) is 8.78. The molecular formula is C21H27N5OS2. The van der Waals surface area contributed by atoms with Gasteiger partial charge in [-0.05, 0) is 49.4 Å². The Morgan fingerprint density at radius 3 is 2.90 bits per heavy atom. The van der Waals surface area contributed by atoms with Gasteiger partial charge < -0.3 is 21.3 Å². The average molecular weight is 430 g/mol. The quantitative estimate of drug-likeness (QED) is 0.680. The van der Waals surface area contributed by atoms with Crippen LogP contribution in [0.4, 0.5) is 5.69 Å². The Morgan fingerprint density at radius 1 is 1.28 bits per heavy atom. The number of rotatable bonds is 3. The van der Waals surface area contributed by atoms with Crippen LogP contribution >= 0.6 is 23.5 Å². The SMILES string of the molecule is CC1=NC2SC(C(=O)N[C@@H]3CCc4cc(N5CCNCC5)ccc4C3)=C(N)C2S1. The third-order valence-electron chi connectivity index (χ3n) is 6.11. The maximum atomic E-state index is 12.9. The Morgan fingerprint density at radius 2 is 2.10 bits per heavy atom. The highest BCUT2D eigenvalue weighted by Crippen LogP contribution is 2.47. The minimum absolute atomic E-state index is 0.0266. The van der Waals surface area contributed by atoms with E-state index in [1.54, 1.807) is 11.8 Å². The van der Waals surface area contributed by atoms with Gasteiger partial charge in [0.1, 0.15) is 5.37 Å². The monoisotopic (exact) mass is 429 g/mol. The molecule has 2 unspecified atom stereocenters. The molecule has 29 heavy (non-hydrogen) atoms. The first kappa shape index (κ1) is 19.3. The molecule has 3 atom stereocenters. The molecule has 1 amide bonds. The lowest BCUT2D eigenvalue weighted by Crippen LogP contribution is -2.43. The van der Waals surface area contributed by atoms with E-state index >= 15 is 0 Å². The molecule has 3 aliphatic heterocycles. The summed E-state index contributed by atoms with van der Waals surface area (Å²) in [7, 11) is 0. The van der Waals surface area contributed by atoms with Gasteiger partial charge in [0, 0.05) is 43.6 Å². The van der Waals surface area contributed by atoms with Crippen LogP contribution in [0.15, 0.2) is 33.8 Å².